The summed E-state index contributed by atoms with van der Waals surface area (Å²) in [6.07, 6.45) is 2.43. The molecular weight excluding hydrogens is 174 g/mol. The number of rotatable bonds is 4. The maximum absolute atomic E-state index is 5.56. The summed E-state index contributed by atoms with van der Waals surface area (Å²) in [5.41, 5.74) is 0. The van der Waals surface area contributed by atoms with Crippen LogP contribution in [0.15, 0.2) is 11.6 Å². The lowest BCUT2D eigenvalue weighted by Crippen LogP contribution is -2.30. The fraction of sp³-hybridized carbons (Fsp3) is 0.778. The van der Waals surface area contributed by atoms with Gasteiger partial charge in [-0.05, 0) is 31.8 Å². The van der Waals surface area contributed by atoms with Crippen LogP contribution < -0.4 is 5.32 Å². The Kier molecular flexibility index (Phi) is 4.66. The molecule has 1 N–H and O–H groups in total. The molecule has 0 aliphatic carbocycles. The Morgan fingerprint density at radius 2 is 2.17 bits per heavy atom. The van der Waals surface area contributed by atoms with Gasteiger partial charge in [-0.25, -0.2) is 0 Å². The number of hydrogen-bond donors (Lipinski definition) is 1. The van der Waals surface area contributed by atoms with Gasteiger partial charge < -0.3 is 10.1 Å². The van der Waals surface area contributed by atoms with Gasteiger partial charge in [-0.15, -0.1) is 0 Å². The van der Waals surface area contributed by atoms with Crippen LogP contribution in [0.1, 0.15) is 12.8 Å². The van der Waals surface area contributed by atoms with Crippen LogP contribution in [0, 0.1) is 5.92 Å². The number of ether oxygens (including phenoxy) is 1. The first-order chi connectivity index (χ1) is 5.79. The fourth-order valence-electron chi connectivity index (χ4n) is 1.38. The van der Waals surface area contributed by atoms with E-state index in [9.17, 15) is 0 Å². The van der Waals surface area contributed by atoms with Crippen LogP contribution in [-0.2, 0) is 4.74 Å². The minimum atomic E-state index is 0.492. The molecule has 3 heteroatoms. The van der Waals surface area contributed by atoms with E-state index in [1.54, 1.807) is 0 Å². The molecule has 0 unspecified atom stereocenters. The van der Waals surface area contributed by atoms with Gasteiger partial charge in [-0.3, -0.25) is 0 Å². The first-order valence-electron chi connectivity index (χ1n) is 4.41. The molecule has 0 saturated carbocycles. The highest BCUT2D eigenvalue weighted by Crippen LogP contribution is 2.12. The molecule has 0 spiro atoms. The molecule has 1 fully saturated rings. The maximum Gasteiger partial charge on any atom is 0.0817 e. The Bertz CT molecular complexity index is 143. The lowest BCUT2D eigenvalue weighted by molar-refractivity contribution is 0.107. The summed E-state index contributed by atoms with van der Waals surface area (Å²) in [7, 11) is 0. The average molecular weight is 190 g/mol. The van der Waals surface area contributed by atoms with Crippen LogP contribution in [0.3, 0.4) is 0 Å². The van der Waals surface area contributed by atoms with E-state index in [-0.39, 0.29) is 0 Å². The van der Waals surface area contributed by atoms with Crippen LogP contribution >= 0.6 is 11.6 Å². The van der Waals surface area contributed by atoms with Gasteiger partial charge in [-0.1, -0.05) is 18.2 Å². The van der Waals surface area contributed by atoms with Crippen LogP contribution in [0.4, 0.5) is 0 Å². The molecule has 0 bridgehead atoms. The predicted octanol–water partition coefficient (Wildman–Crippen LogP) is 1.76. The normalized spacial score (nSPS) is 19.4. The number of halogens is 1. The van der Waals surface area contributed by atoms with Gasteiger partial charge >= 0.3 is 0 Å². The standard InChI is InChI=1S/C9H16ClNO/c1-8(10)6-12-7-9-2-4-11-5-3-9/h9,11H,1-7H2. The van der Waals surface area contributed by atoms with Gasteiger partial charge in [-0.2, -0.15) is 0 Å². The third-order valence-electron chi connectivity index (χ3n) is 2.07. The summed E-state index contributed by atoms with van der Waals surface area (Å²) in [5.74, 6) is 0.710. The highest BCUT2D eigenvalue weighted by Gasteiger charge is 2.12. The first kappa shape index (κ1) is 10.0. The molecular formula is C9H16ClNO. The van der Waals surface area contributed by atoms with Gasteiger partial charge in [0.05, 0.1) is 6.61 Å². The van der Waals surface area contributed by atoms with E-state index in [4.69, 9.17) is 16.3 Å². The Hall–Kier alpha value is -0.0500. The smallest absolute Gasteiger partial charge is 0.0817 e. The molecule has 70 valence electrons. The Morgan fingerprint density at radius 1 is 1.50 bits per heavy atom. The molecule has 0 atom stereocenters. The molecule has 0 aromatic heterocycles. The van der Waals surface area contributed by atoms with E-state index in [1.807, 2.05) is 0 Å². The second kappa shape index (κ2) is 5.57. The summed E-state index contributed by atoms with van der Waals surface area (Å²) in [5, 5.41) is 3.90. The highest BCUT2D eigenvalue weighted by molar-refractivity contribution is 6.29. The minimum Gasteiger partial charge on any atom is -0.376 e. The van der Waals surface area contributed by atoms with E-state index in [2.05, 4.69) is 11.9 Å². The third-order valence-corrected chi connectivity index (χ3v) is 2.18. The quantitative estimate of drug-likeness (QED) is 0.728. The van der Waals surface area contributed by atoms with Crippen LogP contribution in [0.5, 0.6) is 0 Å². The molecule has 2 nitrogen and oxygen atoms in total. The van der Waals surface area contributed by atoms with Crippen molar-refractivity contribution in [2.75, 3.05) is 26.3 Å². The molecule has 1 aliphatic rings. The van der Waals surface area contributed by atoms with Gasteiger partial charge in [0.1, 0.15) is 0 Å². The lowest BCUT2D eigenvalue weighted by Gasteiger charge is -2.22. The molecule has 12 heavy (non-hydrogen) atoms. The van der Waals surface area contributed by atoms with Gasteiger partial charge in [0.2, 0.25) is 0 Å². The molecule has 0 aromatic carbocycles. The molecule has 1 heterocycles. The van der Waals surface area contributed by atoms with Gasteiger partial charge in [0.25, 0.3) is 0 Å². The van der Waals surface area contributed by atoms with E-state index < -0.39 is 0 Å². The SMILES string of the molecule is C=C(Cl)COCC1CCNCC1. The third kappa shape index (κ3) is 4.10. The second-order valence-electron chi connectivity index (χ2n) is 3.23. The van der Waals surface area contributed by atoms with E-state index >= 15 is 0 Å². The van der Waals surface area contributed by atoms with E-state index in [0.29, 0.717) is 17.6 Å². The summed E-state index contributed by atoms with van der Waals surface area (Å²) >= 11 is 5.56. The van der Waals surface area contributed by atoms with Crippen molar-refractivity contribution >= 4 is 11.6 Å². The van der Waals surface area contributed by atoms with E-state index in [1.165, 1.54) is 12.8 Å². The summed E-state index contributed by atoms with van der Waals surface area (Å²) in [6.45, 7) is 7.13. The zero-order valence-corrected chi connectivity index (χ0v) is 8.07. The molecule has 0 amide bonds. The molecule has 0 aromatic rings. The number of hydrogen-bond acceptors (Lipinski definition) is 2. The number of piperidine rings is 1. The molecule has 1 aliphatic heterocycles. The van der Waals surface area contributed by atoms with Crippen molar-refractivity contribution in [2.45, 2.75) is 12.8 Å². The lowest BCUT2D eigenvalue weighted by atomic mass is 9.99. The van der Waals surface area contributed by atoms with Crippen molar-refractivity contribution in [3.8, 4) is 0 Å². The Balaban J connectivity index is 2.01. The topological polar surface area (TPSA) is 21.3 Å². The number of nitrogens with one attached hydrogen (secondary N) is 1. The second-order valence-corrected chi connectivity index (χ2v) is 3.76. The van der Waals surface area contributed by atoms with Gasteiger partial charge in [0, 0.05) is 11.6 Å². The fourth-order valence-corrected chi connectivity index (χ4v) is 1.46. The zero-order valence-electron chi connectivity index (χ0n) is 7.31. The molecule has 1 rings (SSSR count). The largest absolute Gasteiger partial charge is 0.376 e. The predicted molar refractivity (Wildman–Crippen MR) is 51.4 cm³/mol. The monoisotopic (exact) mass is 189 g/mol. The van der Waals surface area contributed by atoms with Crippen LogP contribution in [-0.4, -0.2) is 26.3 Å². The van der Waals surface area contributed by atoms with Gasteiger partial charge in [0.15, 0.2) is 0 Å². The van der Waals surface area contributed by atoms with Crippen molar-refractivity contribution in [3.63, 3.8) is 0 Å². The zero-order chi connectivity index (χ0) is 8.81. The van der Waals surface area contributed by atoms with Crippen molar-refractivity contribution in [1.82, 2.24) is 5.32 Å². The van der Waals surface area contributed by atoms with Crippen molar-refractivity contribution in [3.05, 3.63) is 11.6 Å². The van der Waals surface area contributed by atoms with Crippen molar-refractivity contribution in [1.29, 1.82) is 0 Å². The van der Waals surface area contributed by atoms with Crippen molar-refractivity contribution < 1.29 is 4.74 Å². The summed E-state index contributed by atoms with van der Waals surface area (Å²) in [4.78, 5) is 0. The summed E-state index contributed by atoms with van der Waals surface area (Å²) in [6, 6.07) is 0. The Labute approximate surface area is 78.9 Å². The average Bonchev–Trinajstić information content (AvgIpc) is 2.05. The minimum absolute atomic E-state index is 0.492. The first-order valence-corrected chi connectivity index (χ1v) is 4.78. The molecule has 0 radical (unpaired) electrons. The van der Waals surface area contributed by atoms with E-state index in [0.717, 1.165) is 19.7 Å². The molecule has 1 saturated heterocycles. The van der Waals surface area contributed by atoms with Crippen molar-refractivity contribution in [2.24, 2.45) is 5.92 Å². The van der Waals surface area contributed by atoms with Crippen LogP contribution in [0.2, 0.25) is 0 Å². The summed E-state index contributed by atoms with van der Waals surface area (Å²) < 4.78 is 5.38. The highest BCUT2D eigenvalue weighted by atomic mass is 35.5. The van der Waals surface area contributed by atoms with Crippen LogP contribution in [0.25, 0.3) is 0 Å². The Morgan fingerprint density at radius 3 is 2.75 bits per heavy atom. The maximum atomic E-state index is 5.56.